The molecule has 2 aromatic carbocycles. The molecule has 33 heavy (non-hydrogen) atoms. The number of hydrogen-bond acceptors (Lipinski definition) is 5. The zero-order chi connectivity index (χ0) is 23.4. The number of carbonyl (C=O) groups excluding carboxylic acids is 3. The molecule has 0 saturated carbocycles. The summed E-state index contributed by atoms with van der Waals surface area (Å²) in [6.45, 7) is 1.24. The number of ether oxygens (including phenoxy) is 2. The molecule has 0 radical (unpaired) electrons. The summed E-state index contributed by atoms with van der Waals surface area (Å²) in [6.07, 6.45) is 3.10. The number of rotatable bonds is 7. The van der Waals surface area contributed by atoms with Gasteiger partial charge in [-0.05, 0) is 61.7 Å². The molecular weight excluding hydrogens is 422 g/mol. The normalized spacial score (nSPS) is 17.9. The molecule has 1 N–H and O–H groups in total. The second-order valence-electron chi connectivity index (χ2n) is 8.23. The molecule has 0 spiro atoms. The van der Waals surface area contributed by atoms with Gasteiger partial charge in [0.2, 0.25) is 11.8 Å². The quantitative estimate of drug-likeness (QED) is 0.699. The number of anilines is 1. The zero-order valence-corrected chi connectivity index (χ0v) is 19.0. The minimum atomic E-state index is -0.322. The van der Waals surface area contributed by atoms with Crippen LogP contribution >= 0.6 is 0 Å². The maximum atomic E-state index is 13.0. The first kappa shape index (κ1) is 22.6. The summed E-state index contributed by atoms with van der Waals surface area (Å²) in [5.41, 5.74) is 2.14. The highest BCUT2D eigenvalue weighted by molar-refractivity contribution is 5.98. The standard InChI is InChI=1S/C25H29N3O5/c1-32-19-11-12-22(33-2)20(15-19)21-5-3-14-28(21)24(30)16-26-25(31)17-7-9-18(10-8-17)27-13-4-6-23(27)29/h7-12,15,21H,3-6,13-14,16H2,1-2H3,(H,26,31). The highest BCUT2D eigenvalue weighted by Gasteiger charge is 2.32. The molecule has 1 atom stereocenters. The molecule has 2 fully saturated rings. The van der Waals surface area contributed by atoms with Crippen molar-refractivity contribution in [2.45, 2.75) is 31.7 Å². The number of nitrogens with one attached hydrogen (secondary N) is 1. The Morgan fingerprint density at radius 3 is 2.48 bits per heavy atom. The minimum absolute atomic E-state index is 0.0893. The Balaban J connectivity index is 1.39. The molecule has 0 bridgehead atoms. The van der Waals surface area contributed by atoms with Gasteiger partial charge in [-0.2, -0.15) is 0 Å². The lowest BCUT2D eigenvalue weighted by atomic mass is 10.0. The third-order valence-electron chi connectivity index (χ3n) is 6.28. The van der Waals surface area contributed by atoms with E-state index in [1.54, 1.807) is 48.3 Å². The van der Waals surface area contributed by atoms with Crippen LogP contribution in [0.3, 0.4) is 0 Å². The van der Waals surface area contributed by atoms with E-state index in [0.717, 1.165) is 30.5 Å². The highest BCUT2D eigenvalue weighted by Crippen LogP contribution is 2.38. The van der Waals surface area contributed by atoms with Crippen LogP contribution in [0.25, 0.3) is 0 Å². The van der Waals surface area contributed by atoms with Crippen molar-refractivity contribution >= 4 is 23.4 Å². The van der Waals surface area contributed by atoms with E-state index in [-0.39, 0.29) is 30.3 Å². The molecular formula is C25H29N3O5. The summed E-state index contributed by atoms with van der Waals surface area (Å²) in [5.74, 6) is 1.05. The van der Waals surface area contributed by atoms with Gasteiger partial charge < -0.3 is 24.6 Å². The van der Waals surface area contributed by atoms with Gasteiger partial charge in [-0.15, -0.1) is 0 Å². The van der Waals surface area contributed by atoms with Crippen LogP contribution in [0.4, 0.5) is 5.69 Å². The SMILES string of the molecule is COc1ccc(OC)c(C2CCCN2C(=O)CNC(=O)c2ccc(N3CCCC3=O)cc2)c1. The fourth-order valence-corrected chi connectivity index (χ4v) is 4.56. The molecule has 174 valence electrons. The van der Waals surface area contributed by atoms with Crippen molar-refractivity contribution in [3.8, 4) is 11.5 Å². The Morgan fingerprint density at radius 1 is 1.03 bits per heavy atom. The second kappa shape index (κ2) is 9.94. The summed E-state index contributed by atoms with van der Waals surface area (Å²) in [7, 11) is 3.21. The lowest BCUT2D eigenvalue weighted by Gasteiger charge is -2.27. The molecule has 4 rings (SSSR count). The first-order chi connectivity index (χ1) is 16.0. The fraction of sp³-hybridized carbons (Fsp3) is 0.400. The van der Waals surface area contributed by atoms with Crippen LogP contribution in [0.2, 0.25) is 0 Å². The van der Waals surface area contributed by atoms with E-state index in [1.165, 1.54) is 0 Å². The van der Waals surface area contributed by atoms with Crippen LogP contribution in [-0.2, 0) is 9.59 Å². The summed E-state index contributed by atoms with van der Waals surface area (Å²) < 4.78 is 10.9. The Kier molecular flexibility index (Phi) is 6.82. The van der Waals surface area contributed by atoms with Crippen molar-refractivity contribution in [3.63, 3.8) is 0 Å². The highest BCUT2D eigenvalue weighted by atomic mass is 16.5. The third-order valence-corrected chi connectivity index (χ3v) is 6.28. The molecule has 2 saturated heterocycles. The molecule has 2 heterocycles. The van der Waals surface area contributed by atoms with Gasteiger partial charge in [0.05, 0.1) is 26.8 Å². The van der Waals surface area contributed by atoms with Crippen molar-refractivity contribution in [2.24, 2.45) is 0 Å². The van der Waals surface area contributed by atoms with Crippen molar-refractivity contribution in [1.29, 1.82) is 0 Å². The first-order valence-electron chi connectivity index (χ1n) is 11.2. The topological polar surface area (TPSA) is 88.2 Å². The number of amides is 3. The van der Waals surface area contributed by atoms with Gasteiger partial charge in [-0.1, -0.05) is 0 Å². The molecule has 3 amide bonds. The summed E-state index contributed by atoms with van der Waals surface area (Å²) in [5, 5.41) is 2.73. The predicted octanol–water partition coefficient (Wildman–Crippen LogP) is 2.92. The lowest BCUT2D eigenvalue weighted by molar-refractivity contribution is -0.131. The molecule has 2 aliphatic rings. The number of hydrogen-bond donors (Lipinski definition) is 1. The maximum absolute atomic E-state index is 13.0. The van der Waals surface area contributed by atoms with Gasteiger partial charge in [-0.3, -0.25) is 14.4 Å². The summed E-state index contributed by atoms with van der Waals surface area (Å²) >= 11 is 0. The predicted molar refractivity (Wildman–Crippen MR) is 124 cm³/mol. The summed E-state index contributed by atoms with van der Waals surface area (Å²) in [6, 6.07) is 12.3. The van der Waals surface area contributed by atoms with Crippen LogP contribution in [-0.4, -0.2) is 56.5 Å². The van der Waals surface area contributed by atoms with E-state index in [0.29, 0.717) is 36.6 Å². The monoisotopic (exact) mass is 451 g/mol. The van der Waals surface area contributed by atoms with E-state index < -0.39 is 0 Å². The van der Waals surface area contributed by atoms with Gasteiger partial charge in [0, 0.05) is 36.3 Å². The van der Waals surface area contributed by atoms with Crippen LogP contribution in [0.15, 0.2) is 42.5 Å². The van der Waals surface area contributed by atoms with E-state index >= 15 is 0 Å². The minimum Gasteiger partial charge on any atom is -0.497 e. The zero-order valence-electron chi connectivity index (χ0n) is 19.0. The van der Waals surface area contributed by atoms with Gasteiger partial charge >= 0.3 is 0 Å². The fourth-order valence-electron chi connectivity index (χ4n) is 4.56. The average molecular weight is 452 g/mol. The van der Waals surface area contributed by atoms with Gasteiger partial charge in [0.15, 0.2) is 0 Å². The van der Waals surface area contributed by atoms with Gasteiger partial charge in [-0.25, -0.2) is 0 Å². The van der Waals surface area contributed by atoms with Crippen LogP contribution < -0.4 is 19.7 Å². The Bertz CT molecular complexity index is 1040. The molecule has 8 heteroatoms. The molecule has 0 aromatic heterocycles. The summed E-state index contributed by atoms with van der Waals surface area (Å²) in [4.78, 5) is 41.0. The third kappa shape index (κ3) is 4.79. The molecule has 0 aliphatic carbocycles. The lowest BCUT2D eigenvalue weighted by Crippen LogP contribution is -2.40. The van der Waals surface area contributed by atoms with Gasteiger partial charge in [0.1, 0.15) is 11.5 Å². The smallest absolute Gasteiger partial charge is 0.251 e. The van der Waals surface area contributed by atoms with Crippen molar-refractivity contribution < 1.29 is 23.9 Å². The van der Waals surface area contributed by atoms with Crippen molar-refractivity contribution in [1.82, 2.24) is 10.2 Å². The van der Waals surface area contributed by atoms with Gasteiger partial charge in [0.25, 0.3) is 5.91 Å². The van der Waals surface area contributed by atoms with Crippen LogP contribution in [0, 0.1) is 0 Å². The number of benzene rings is 2. The molecule has 2 aliphatic heterocycles. The number of nitrogens with zero attached hydrogens (tertiary/aromatic N) is 2. The maximum Gasteiger partial charge on any atom is 0.251 e. The number of likely N-dealkylation sites (tertiary alicyclic amines) is 1. The van der Waals surface area contributed by atoms with E-state index in [1.807, 2.05) is 18.2 Å². The van der Waals surface area contributed by atoms with Crippen LogP contribution in [0.5, 0.6) is 11.5 Å². The second-order valence-corrected chi connectivity index (χ2v) is 8.23. The molecule has 8 nitrogen and oxygen atoms in total. The average Bonchev–Trinajstić information content (AvgIpc) is 3.51. The van der Waals surface area contributed by atoms with Crippen molar-refractivity contribution in [3.05, 3.63) is 53.6 Å². The first-order valence-corrected chi connectivity index (χ1v) is 11.2. The number of methoxy groups -OCH3 is 2. The largest absolute Gasteiger partial charge is 0.497 e. The molecule has 1 unspecified atom stereocenters. The Hall–Kier alpha value is -3.55. The Morgan fingerprint density at radius 2 is 1.82 bits per heavy atom. The van der Waals surface area contributed by atoms with Crippen LogP contribution in [0.1, 0.15) is 47.6 Å². The van der Waals surface area contributed by atoms with E-state index in [4.69, 9.17) is 9.47 Å². The number of carbonyl (C=O) groups is 3. The molecule has 2 aromatic rings. The van der Waals surface area contributed by atoms with E-state index in [2.05, 4.69) is 5.32 Å². The Labute approximate surface area is 193 Å². The van der Waals surface area contributed by atoms with Crippen molar-refractivity contribution in [2.75, 3.05) is 38.8 Å². The van der Waals surface area contributed by atoms with E-state index in [9.17, 15) is 14.4 Å².